The number of nitrogens with zero attached hydrogens (tertiary/aromatic N) is 2. The molecule has 1 spiro atoms. The molecule has 3 N–H and O–H groups in total. The summed E-state index contributed by atoms with van der Waals surface area (Å²) < 4.78 is 11.3. The van der Waals surface area contributed by atoms with Crippen LogP contribution in [0.4, 0.5) is 11.5 Å². The molecule has 3 aliphatic rings. The van der Waals surface area contributed by atoms with E-state index in [9.17, 15) is 9.59 Å². The first-order valence-electron chi connectivity index (χ1n) is 10.9. The van der Waals surface area contributed by atoms with Crippen LogP contribution in [-0.2, 0) is 6.42 Å². The Morgan fingerprint density at radius 3 is 2.84 bits per heavy atom. The lowest BCUT2D eigenvalue weighted by atomic mass is 9.71. The summed E-state index contributed by atoms with van der Waals surface area (Å²) in [5, 5.41) is 9.25. The lowest BCUT2D eigenvalue weighted by molar-refractivity contribution is 0.0775. The molecule has 2 aliphatic heterocycles. The first kappa shape index (κ1) is 19.9. The summed E-state index contributed by atoms with van der Waals surface area (Å²) in [6.07, 6.45) is 5.00. The SMILES string of the molecule is CCOc1nc(N2CCNCC2)ccc1NC(=O)c1coc2c1C(=O)NC1(CCC1)C2. The quantitative estimate of drug-likeness (QED) is 0.672. The molecule has 2 aromatic rings. The zero-order chi connectivity index (χ0) is 21.4. The minimum atomic E-state index is -0.414. The van der Waals surface area contributed by atoms with E-state index in [1.54, 1.807) is 6.07 Å². The standard InChI is InChI=1S/C22H27N5O4/c1-2-30-21-15(4-5-17(25-21)27-10-8-23-9-11-27)24-19(28)14-13-31-16-12-22(6-3-7-22)26-20(29)18(14)16/h4-5,13,23H,2-3,6-12H2,1H3,(H,24,28)(H,26,29). The second-order valence-corrected chi connectivity index (χ2v) is 8.36. The molecule has 9 heteroatoms. The van der Waals surface area contributed by atoms with Crippen LogP contribution in [0.1, 0.15) is 52.7 Å². The molecule has 9 nitrogen and oxygen atoms in total. The van der Waals surface area contributed by atoms with Crippen LogP contribution in [0.15, 0.2) is 22.8 Å². The number of ether oxygens (including phenoxy) is 1. The topological polar surface area (TPSA) is 109 Å². The molecule has 5 rings (SSSR count). The van der Waals surface area contributed by atoms with Gasteiger partial charge in [-0.25, -0.2) is 0 Å². The number of furan rings is 1. The Hall–Kier alpha value is -3.07. The van der Waals surface area contributed by atoms with Crippen molar-refractivity contribution in [2.45, 2.75) is 38.1 Å². The van der Waals surface area contributed by atoms with Gasteiger partial charge in [0, 0.05) is 38.1 Å². The van der Waals surface area contributed by atoms with E-state index in [4.69, 9.17) is 9.15 Å². The molecule has 0 atom stereocenters. The number of amides is 2. The average Bonchev–Trinajstić information content (AvgIpc) is 3.19. The van der Waals surface area contributed by atoms with Gasteiger partial charge < -0.3 is 30.0 Å². The zero-order valence-corrected chi connectivity index (χ0v) is 17.6. The third-order valence-corrected chi connectivity index (χ3v) is 6.34. The highest BCUT2D eigenvalue weighted by Gasteiger charge is 2.45. The fourth-order valence-electron chi connectivity index (χ4n) is 4.54. The van der Waals surface area contributed by atoms with Gasteiger partial charge in [0.1, 0.15) is 23.5 Å². The number of pyridine rings is 1. The van der Waals surface area contributed by atoms with Crippen molar-refractivity contribution in [2.24, 2.45) is 0 Å². The summed E-state index contributed by atoms with van der Waals surface area (Å²) in [6.45, 7) is 5.83. The number of carbonyl (C=O) groups excluding carboxylic acids is 2. The van der Waals surface area contributed by atoms with Gasteiger partial charge in [-0.1, -0.05) is 0 Å². The maximum atomic E-state index is 13.0. The van der Waals surface area contributed by atoms with Crippen molar-refractivity contribution in [2.75, 3.05) is 43.0 Å². The van der Waals surface area contributed by atoms with Gasteiger partial charge in [-0.3, -0.25) is 9.59 Å². The van der Waals surface area contributed by atoms with Crippen molar-refractivity contribution in [3.8, 4) is 5.88 Å². The molecule has 1 saturated heterocycles. The monoisotopic (exact) mass is 425 g/mol. The molecule has 2 amide bonds. The predicted octanol–water partition coefficient (Wildman–Crippen LogP) is 1.94. The predicted molar refractivity (Wildman–Crippen MR) is 115 cm³/mol. The number of rotatable bonds is 5. The molecule has 0 unspecified atom stereocenters. The summed E-state index contributed by atoms with van der Waals surface area (Å²) in [4.78, 5) is 32.5. The first-order valence-corrected chi connectivity index (χ1v) is 10.9. The van der Waals surface area contributed by atoms with Crippen LogP contribution in [0.3, 0.4) is 0 Å². The highest BCUT2D eigenvalue weighted by atomic mass is 16.5. The number of hydrogen-bond acceptors (Lipinski definition) is 7. The average molecular weight is 425 g/mol. The summed E-state index contributed by atoms with van der Waals surface area (Å²) in [5.41, 5.74) is 0.836. The van der Waals surface area contributed by atoms with Crippen LogP contribution >= 0.6 is 0 Å². The lowest BCUT2D eigenvalue weighted by Crippen LogP contribution is -2.57. The van der Waals surface area contributed by atoms with Gasteiger partial charge in [-0.2, -0.15) is 4.98 Å². The van der Waals surface area contributed by atoms with Gasteiger partial charge in [-0.15, -0.1) is 0 Å². The normalized spacial score (nSPS) is 19.4. The largest absolute Gasteiger partial charge is 0.476 e. The fraction of sp³-hybridized carbons (Fsp3) is 0.500. The van der Waals surface area contributed by atoms with Gasteiger partial charge >= 0.3 is 0 Å². The van der Waals surface area contributed by atoms with Crippen LogP contribution in [0.5, 0.6) is 5.88 Å². The molecule has 2 aromatic heterocycles. The molecule has 164 valence electrons. The zero-order valence-electron chi connectivity index (χ0n) is 17.6. The number of piperazine rings is 1. The van der Waals surface area contributed by atoms with Crippen molar-refractivity contribution in [3.05, 3.63) is 35.3 Å². The van der Waals surface area contributed by atoms with E-state index in [0.717, 1.165) is 51.3 Å². The number of nitrogens with one attached hydrogen (secondary N) is 3. The third kappa shape index (κ3) is 3.63. The van der Waals surface area contributed by atoms with Gasteiger partial charge in [0.05, 0.1) is 17.7 Å². The van der Waals surface area contributed by atoms with E-state index < -0.39 is 5.91 Å². The number of fused-ring (bicyclic) bond motifs is 1. The molecule has 0 radical (unpaired) electrons. The fourth-order valence-corrected chi connectivity index (χ4v) is 4.54. The van der Waals surface area contributed by atoms with Crippen LogP contribution in [0.2, 0.25) is 0 Å². The van der Waals surface area contributed by atoms with E-state index in [1.165, 1.54) is 6.26 Å². The van der Waals surface area contributed by atoms with Crippen LogP contribution < -0.4 is 25.6 Å². The molecular weight excluding hydrogens is 398 g/mol. The molecule has 1 saturated carbocycles. The van der Waals surface area contributed by atoms with Crippen molar-refractivity contribution >= 4 is 23.3 Å². The van der Waals surface area contributed by atoms with Crippen molar-refractivity contribution in [1.82, 2.24) is 15.6 Å². The maximum absolute atomic E-state index is 13.0. The minimum Gasteiger partial charge on any atom is -0.476 e. The lowest BCUT2D eigenvalue weighted by Gasteiger charge is -2.44. The second kappa shape index (κ2) is 7.88. The second-order valence-electron chi connectivity index (χ2n) is 8.36. The van der Waals surface area contributed by atoms with Gasteiger partial charge in [0.15, 0.2) is 0 Å². The Labute approximate surface area is 180 Å². The summed E-state index contributed by atoms with van der Waals surface area (Å²) in [6, 6.07) is 3.67. The third-order valence-electron chi connectivity index (χ3n) is 6.34. The van der Waals surface area contributed by atoms with Crippen LogP contribution in [-0.4, -0.2) is 55.1 Å². The van der Waals surface area contributed by atoms with Crippen LogP contribution in [0, 0.1) is 0 Å². The molecule has 0 aromatic carbocycles. The highest BCUT2D eigenvalue weighted by molar-refractivity contribution is 6.13. The Morgan fingerprint density at radius 2 is 2.13 bits per heavy atom. The van der Waals surface area contributed by atoms with Crippen molar-refractivity contribution < 1.29 is 18.7 Å². The Balaban J connectivity index is 1.37. The smallest absolute Gasteiger partial charge is 0.259 e. The summed E-state index contributed by atoms with van der Waals surface area (Å²) >= 11 is 0. The minimum absolute atomic E-state index is 0.193. The van der Waals surface area contributed by atoms with Crippen molar-refractivity contribution in [1.29, 1.82) is 0 Å². The number of carbonyl (C=O) groups is 2. The highest BCUT2D eigenvalue weighted by Crippen LogP contribution is 2.40. The van der Waals surface area contributed by atoms with E-state index in [2.05, 4.69) is 25.8 Å². The first-order chi connectivity index (χ1) is 15.1. The number of aromatic nitrogens is 1. The van der Waals surface area contributed by atoms with Crippen LogP contribution in [0.25, 0.3) is 0 Å². The van der Waals surface area contributed by atoms with E-state index in [-0.39, 0.29) is 17.0 Å². The van der Waals surface area contributed by atoms with E-state index >= 15 is 0 Å². The van der Waals surface area contributed by atoms with Crippen molar-refractivity contribution in [3.63, 3.8) is 0 Å². The Bertz CT molecular complexity index is 1010. The number of hydrogen-bond donors (Lipinski definition) is 3. The Kier molecular flexibility index (Phi) is 5.05. The molecule has 0 bridgehead atoms. The number of anilines is 2. The molecule has 31 heavy (non-hydrogen) atoms. The Morgan fingerprint density at radius 1 is 1.32 bits per heavy atom. The summed E-state index contributed by atoms with van der Waals surface area (Å²) in [5.74, 6) is 1.11. The van der Waals surface area contributed by atoms with E-state index in [1.807, 2.05) is 13.0 Å². The molecule has 2 fully saturated rings. The van der Waals surface area contributed by atoms with Gasteiger partial charge in [-0.05, 0) is 38.3 Å². The molecular formula is C22H27N5O4. The summed E-state index contributed by atoms with van der Waals surface area (Å²) in [7, 11) is 0. The maximum Gasteiger partial charge on any atom is 0.259 e. The molecule has 1 aliphatic carbocycles. The van der Waals surface area contributed by atoms with E-state index in [0.29, 0.717) is 35.9 Å². The van der Waals surface area contributed by atoms with Gasteiger partial charge in [0.2, 0.25) is 5.88 Å². The molecule has 4 heterocycles. The van der Waals surface area contributed by atoms with Gasteiger partial charge in [0.25, 0.3) is 11.8 Å².